The van der Waals surface area contributed by atoms with Crippen molar-refractivity contribution in [3.63, 3.8) is 0 Å². The van der Waals surface area contributed by atoms with Crippen LogP contribution in [0.25, 0.3) is 0 Å². The first-order valence-electron chi connectivity index (χ1n) is 13.1. The van der Waals surface area contributed by atoms with Crippen molar-refractivity contribution in [2.24, 2.45) is 5.92 Å². The summed E-state index contributed by atoms with van der Waals surface area (Å²) in [6.45, 7) is 2.78. The van der Waals surface area contributed by atoms with E-state index in [0.29, 0.717) is 5.91 Å². The van der Waals surface area contributed by atoms with Crippen LogP contribution in [0.1, 0.15) is 81.3 Å². The average molecular weight is 451 g/mol. The van der Waals surface area contributed by atoms with E-state index < -0.39 is 5.60 Å². The molecular formula is C28H38N2O3. The highest BCUT2D eigenvalue weighted by molar-refractivity contribution is 5.79. The third-order valence-electron chi connectivity index (χ3n) is 8.55. The molecule has 1 aromatic carbocycles. The Labute approximate surface area is 198 Å². The molecule has 5 nitrogen and oxygen atoms in total. The number of aliphatic hydroxyl groups is 2. The zero-order valence-electron chi connectivity index (χ0n) is 19.7. The number of nitrogens with zero attached hydrogens (tertiary/aromatic N) is 2. The van der Waals surface area contributed by atoms with Crippen molar-refractivity contribution in [2.75, 3.05) is 26.2 Å². The maximum atomic E-state index is 13.2. The van der Waals surface area contributed by atoms with Crippen LogP contribution in [0.3, 0.4) is 0 Å². The van der Waals surface area contributed by atoms with E-state index in [-0.39, 0.29) is 30.5 Å². The number of fused-ring (bicyclic) bond motifs is 1. The molecule has 2 saturated carbocycles. The van der Waals surface area contributed by atoms with Crippen LogP contribution in [0.5, 0.6) is 0 Å². The van der Waals surface area contributed by atoms with Crippen molar-refractivity contribution in [3.8, 4) is 11.8 Å². The van der Waals surface area contributed by atoms with Gasteiger partial charge >= 0.3 is 0 Å². The number of benzene rings is 1. The zero-order chi connectivity index (χ0) is 22.8. The van der Waals surface area contributed by atoms with Crippen molar-refractivity contribution < 1.29 is 15.0 Å². The van der Waals surface area contributed by atoms with E-state index >= 15 is 0 Å². The molecule has 2 aliphatic heterocycles. The van der Waals surface area contributed by atoms with Gasteiger partial charge in [-0.3, -0.25) is 9.69 Å². The molecule has 0 unspecified atom stereocenters. The Morgan fingerprint density at radius 3 is 2.39 bits per heavy atom. The van der Waals surface area contributed by atoms with Gasteiger partial charge in [0.2, 0.25) is 5.91 Å². The van der Waals surface area contributed by atoms with E-state index in [2.05, 4.69) is 33.8 Å². The fourth-order valence-electron chi connectivity index (χ4n) is 6.63. The first kappa shape index (κ1) is 22.9. The van der Waals surface area contributed by atoms with Crippen molar-refractivity contribution in [1.82, 2.24) is 9.80 Å². The first-order chi connectivity index (χ1) is 16.1. The third-order valence-corrected chi connectivity index (χ3v) is 8.55. The fraction of sp³-hybridized carbons (Fsp3) is 0.679. The molecule has 5 heteroatoms. The SMILES string of the molecule is O=C(C1CCCC1)N1CCCCN2[C@@H](CO)[C@@H](c3ccc(C#CC4(O)CCCC4)cc3)[C@@H]2C1. The standard InChI is InChI=1S/C28H38N2O3/c31-20-25-26(22-11-9-21(10-12-22)13-16-28(33)14-3-4-15-28)24-19-29(17-5-6-18-30(24)25)27(32)23-7-1-2-8-23/h9-12,23-26,31,33H,1-8,14-15,17-20H2/t24-,25-,26-/m0/s1. The molecule has 5 rings (SSSR count). The molecule has 33 heavy (non-hydrogen) atoms. The average Bonchev–Trinajstić information content (AvgIpc) is 3.50. The van der Waals surface area contributed by atoms with Gasteiger partial charge in [-0.15, -0.1) is 0 Å². The van der Waals surface area contributed by atoms with E-state index in [1.807, 2.05) is 12.1 Å². The van der Waals surface area contributed by atoms with Crippen molar-refractivity contribution >= 4 is 5.91 Å². The summed E-state index contributed by atoms with van der Waals surface area (Å²) in [7, 11) is 0. The summed E-state index contributed by atoms with van der Waals surface area (Å²) >= 11 is 0. The molecule has 1 amide bonds. The summed E-state index contributed by atoms with van der Waals surface area (Å²) < 4.78 is 0. The number of amides is 1. The first-order valence-corrected chi connectivity index (χ1v) is 13.1. The molecule has 1 aromatic rings. The van der Waals surface area contributed by atoms with Gasteiger partial charge in [-0.25, -0.2) is 0 Å². The van der Waals surface area contributed by atoms with Gasteiger partial charge < -0.3 is 15.1 Å². The summed E-state index contributed by atoms with van der Waals surface area (Å²) in [6.07, 6.45) is 10.2. The van der Waals surface area contributed by atoms with E-state index in [9.17, 15) is 15.0 Å². The lowest BCUT2D eigenvalue weighted by Crippen LogP contribution is -2.68. The van der Waals surface area contributed by atoms with Gasteiger partial charge in [0, 0.05) is 42.6 Å². The van der Waals surface area contributed by atoms with Crippen LogP contribution in [0.4, 0.5) is 0 Å². The maximum absolute atomic E-state index is 13.2. The normalized spacial score (nSPS) is 30.0. The van der Waals surface area contributed by atoms with Crippen molar-refractivity contribution in [1.29, 1.82) is 0 Å². The molecule has 3 atom stereocenters. The minimum absolute atomic E-state index is 0.118. The second kappa shape index (κ2) is 9.78. The van der Waals surface area contributed by atoms with Crippen LogP contribution in [-0.4, -0.2) is 69.8 Å². The minimum Gasteiger partial charge on any atom is -0.395 e. The van der Waals surface area contributed by atoms with E-state index in [1.165, 1.54) is 18.4 Å². The lowest BCUT2D eigenvalue weighted by atomic mass is 9.74. The molecule has 2 saturated heterocycles. The van der Waals surface area contributed by atoms with Crippen LogP contribution in [-0.2, 0) is 4.79 Å². The van der Waals surface area contributed by atoms with Crippen LogP contribution < -0.4 is 0 Å². The Bertz CT molecular complexity index is 890. The smallest absolute Gasteiger partial charge is 0.225 e. The number of aliphatic hydroxyl groups excluding tert-OH is 1. The van der Waals surface area contributed by atoms with Gasteiger partial charge in [0.15, 0.2) is 0 Å². The largest absolute Gasteiger partial charge is 0.395 e. The number of rotatable bonds is 3. The number of carbonyl (C=O) groups excluding carboxylic acids is 1. The van der Waals surface area contributed by atoms with Gasteiger partial charge in [-0.05, 0) is 75.6 Å². The van der Waals surface area contributed by atoms with Gasteiger partial charge in [-0.1, -0.05) is 36.8 Å². The quantitative estimate of drug-likeness (QED) is 0.694. The Kier molecular flexibility index (Phi) is 6.79. The summed E-state index contributed by atoms with van der Waals surface area (Å²) in [6, 6.07) is 8.74. The highest BCUT2D eigenvalue weighted by Crippen LogP contribution is 2.42. The van der Waals surface area contributed by atoms with Gasteiger partial charge in [0.05, 0.1) is 6.61 Å². The Hall–Kier alpha value is -1.87. The predicted octanol–water partition coefficient (Wildman–Crippen LogP) is 3.28. The maximum Gasteiger partial charge on any atom is 0.225 e. The summed E-state index contributed by atoms with van der Waals surface area (Å²) in [5.41, 5.74) is 1.32. The second-order valence-corrected chi connectivity index (χ2v) is 10.7. The lowest BCUT2D eigenvalue weighted by molar-refractivity contribution is -0.140. The van der Waals surface area contributed by atoms with Gasteiger partial charge in [0.25, 0.3) is 0 Å². The Morgan fingerprint density at radius 2 is 1.70 bits per heavy atom. The molecule has 4 aliphatic rings. The zero-order valence-corrected chi connectivity index (χ0v) is 19.7. The van der Waals surface area contributed by atoms with Crippen LogP contribution in [0, 0.1) is 17.8 Å². The molecule has 0 aromatic heterocycles. The van der Waals surface area contributed by atoms with Crippen molar-refractivity contribution in [3.05, 3.63) is 35.4 Å². The molecule has 2 aliphatic carbocycles. The summed E-state index contributed by atoms with van der Waals surface area (Å²) in [4.78, 5) is 17.8. The Morgan fingerprint density at radius 1 is 1.00 bits per heavy atom. The predicted molar refractivity (Wildman–Crippen MR) is 129 cm³/mol. The lowest BCUT2D eigenvalue weighted by Gasteiger charge is -2.57. The molecule has 4 fully saturated rings. The van der Waals surface area contributed by atoms with Crippen LogP contribution >= 0.6 is 0 Å². The molecule has 0 bridgehead atoms. The topological polar surface area (TPSA) is 64.0 Å². The van der Waals surface area contributed by atoms with Crippen LogP contribution in [0.15, 0.2) is 24.3 Å². The summed E-state index contributed by atoms with van der Waals surface area (Å²) in [5.74, 6) is 7.07. The van der Waals surface area contributed by atoms with Crippen LogP contribution in [0.2, 0.25) is 0 Å². The number of carbonyl (C=O) groups is 1. The number of hydrogen-bond acceptors (Lipinski definition) is 4. The number of hydrogen-bond donors (Lipinski definition) is 2. The third kappa shape index (κ3) is 4.71. The van der Waals surface area contributed by atoms with Crippen molar-refractivity contribution in [2.45, 2.75) is 87.8 Å². The molecular weight excluding hydrogens is 412 g/mol. The molecule has 0 radical (unpaired) electrons. The fourth-order valence-corrected chi connectivity index (χ4v) is 6.63. The second-order valence-electron chi connectivity index (χ2n) is 10.7. The van der Waals surface area contributed by atoms with E-state index in [1.54, 1.807) is 0 Å². The highest BCUT2D eigenvalue weighted by atomic mass is 16.3. The van der Waals surface area contributed by atoms with E-state index in [4.69, 9.17) is 0 Å². The monoisotopic (exact) mass is 450 g/mol. The summed E-state index contributed by atoms with van der Waals surface area (Å²) in [5, 5.41) is 20.7. The Balaban J connectivity index is 1.32. The highest BCUT2D eigenvalue weighted by Gasteiger charge is 2.49. The minimum atomic E-state index is -0.816. The molecule has 2 N–H and O–H groups in total. The van der Waals surface area contributed by atoms with Gasteiger partial charge in [0.1, 0.15) is 5.60 Å². The molecule has 2 heterocycles. The van der Waals surface area contributed by atoms with Gasteiger partial charge in [-0.2, -0.15) is 0 Å². The van der Waals surface area contributed by atoms with E-state index in [0.717, 1.165) is 76.6 Å². The molecule has 178 valence electrons. The molecule has 0 spiro atoms.